The number of rotatable bonds is 3. The van der Waals surface area contributed by atoms with Crippen LogP contribution in [0.3, 0.4) is 0 Å². The van der Waals surface area contributed by atoms with Crippen LogP contribution in [0, 0.1) is 10.1 Å². The number of ether oxygens (including phenoxy) is 1. The second-order valence-electron chi connectivity index (χ2n) is 5.78. The molecular weight excluding hydrogens is 308 g/mol. The van der Waals surface area contributed by atoms with Crippen molar-refractivity contribution in [3.63, 3.8) is 0 Å². The Morgan fingerprint density at radius 3 is 3.09 bits per heavy atom. The van der Waals surface area contributed by atoms with E-state index in [0.29, 0.717) is 23.9 Å². The Hall–Kier alpha value is -1.86. The van der Waals surface area contributed by atoms with Gasteiger partial charge in [-0.2, -0.15) is 0 Å². The molecule has 8 heteroatoms. The van der Waals surface area contributed by atoms with E-state index in [9.17, 15) is 10.1 Å². The monoisotopic (exact) mass is 322 g/mol. The number of nitro groups is 1. The first kappa shape index (κ1) is 13.8. The highest BCUT2D eigenvalue weighted by molar-refractivity contribution is 6.29. The summed E-state index contributed by atoms with van der Waals surface area (Å²) in [6.45, 7) is 0.568. The van der Waals surface area contributed by atoms with Crippen molar-refractivity contribution in [2.24, 2.45) is 0 Å². The molecule has 0 aliphatic carbocycles. The molecule has 3 aliphatic heterocycles. The van der Waals surface area contributed by atoms with Gasteiger partial charge in [0.25, 0.3) is 0 Å². The molecule has 7 nitrogen and oxygen atoms in total. The Kier molecular flexibility index (Phi) is 3.19. The van der Waals surface area contributed by atoms with Gasteiger partial charge in [0.05, 0.1) is 6.10 Å². The molecule has 0 amide bonds. The van der Waals surface area contributed by atoms with Gasteiger partial charge in [-0.15, -0.1) is 0 Å². The molecule has 2 saturated heterocycles. The average molecular weight is 323 g/mol. The molecule has 4 heterocycles. The van der Waals surface area contributed by atoms with Crippen LogP contribution in [-0.4, -0.2) is 44.8 Å². The second-order valence-corrected chi connectivity index (χ2v) is 6.16. The van der Waals surface area contributed by atoms with Gasteiger partial charge in [-0.25, -0.2) is 15.1 Å². The molecule has 2 bridgehead atoms. The number of halogens is 1. The van der Waals surface area contributed by atoms with Crippen LogP contribution in [0.15, 0.2) is 30.1 Å². The predicted octanol–water partition coefficient (Wildman–Crippen LogP) is 1.82. The molecule has 1 aromatic rings. The van der Waals surface area contributed by atoms with Crippen molar-refractivity contribution in [2.45, 2.75) is 37.6 Å². The quantitative estimate of drug-likeness (QED) is 0.480. The van der Waals surface area contributed by atoms with Crippen molar-refractivity contribution in [3.05, 3.63) is 51.1 Å². The van der Waals surface area contributed by atoms with Crippen LogP contribution >= 0.6 is 11.6 Å². The van der Waals surface area contributed by atoms with E-state index in [2.05, 4.69) is 4.98 Å². The van der Waals surface area contributed by atoms with Crippen molar-refractivity contribution in [1.82, 2.24) is 14.9 Å². The normalized spacial score (nSPS) is 29.5. The maximum atomic E-state index is 11.5. The van der Waals surface area contributed by atoms with Crippen LogP contribution in [0.5, 0.6) is 0 Å². The molecule has 3 aliphatic rings. The fraction of sp³-hybridized carbons (Fsp3) is 0.500. The third kappa shape index (κ3) is 2.21. The summed E-state index contributed by atoms with van der Waals surface area (Å²) in [6.07, 6.45) is 4.16. The Balaban J connectivity index is 1.63. The van der Waals surface area contributed by atoms with E-state index < -0.39 is 0 Å². The van der Waals surface area contributed by atoms with E-state index in [1.165, 1.54) is 5.01 Å². The van der Waals surface area contributed by atoms with Gasteiger partial charge in [0.15, 0.2) is 10.9 Å². The number of nitrogens with zero attached hydrogens (tertiary/aromatic N) is 4. The van der Waals surface area contributed by atoms with Crippen LogP contribution < -0.4 is 0 Å². The van der Waals surface area contributed by atoms with Crippen molar-refractivity contribution in [2.75, 3.05) is 6.54 Å². The van der Waals surface area contributed by atoms with E-state index in [1.807, 2.05) is 23.1 Å². The van der Waals surface area contributed by atoms with Gasteiger partial charge in [0.2, 0.25) is 0 Å². The summed E-state index contributed by atoms with van der Waals surface area (Å²) in [5.41, 5.74) is 0.760. The van der Waals surface area contributed by atoms with E-state index in [4.69, 9.17) is 16.3 Å². The minimum atomic E-state index is -0.328. The van der Waals surface area contributed by atoms with Crippen LogP contribution in [0.4, 0.5) is 0 Å². The largest absolute Gasteiger partial charge is 0.351 e. The molecule has 1 aromatic heterocycles. The number of pyridine rings is 1. The highest BCUT2D eigenvalue weighted by Gasteiger charge is 2.49. The van der Waals surface area contributed by atoms with E-state index in [-0.39, 0.29) is 23.4 Å². The van der Waals surface area contributed by atoms with Gasteiger partial charge >= 0.3 is 0 Å². The number of hydrogen-bond acceptors (Lipinski definition) is 5. The Morgan fingerprint density at radius 2 is 2.32 bits per heavy atom. The molecule has 4 rings (SSSR count). The molecule has 0 radical (unpaired) electrons. The van der Waals surface area contributed by atoms with Gasteiger partial charge in [-0.05, 0) is 31.1 Å². The molecule has 1 unspecified atom stereocenters. The van der Waals surface area contributed by atoms with Crippen LogP contribution in [0.25, 0.3) is 0 Å². The molecule has 0 aromatic carbocycles. The molecule has 2 fully saturated rings. The maximum Gasteiger partial charge on any atom is 0.171 e. The molecule has 22 heavy (non-hydrogen) atoms. The summed E-state index contributed by atoms with van der Waals surface area (Å²) in [7, 11) is 0. The summed E-state index contributed by atoms with van der Waals surface area (Å²) in [5, 5.41) is 12.9. The molecule has 0 N–H and O–H groups in total. The summed E-state index contributed by atoms with van der Waals surface area (Å²) in [6, 6.07) is 5.09. The predicted molar refractivity (Wildman–Crippen MR) is 78.3 cm³/mol. The van der Waals surface area contributed by atoms with Gasteiger partial charge in [-0.3, -0.25) is 0 Å². The molecule has 3 atom stereocenters. The first-order valence-electron chi connectivity index (χ1n) is 7.31. The van der Waals surface area contributed by atoms with Crippen LogP contribution in [-0.2, 0) is 11.2 Å². The maximum absolute atomic E-state index is 11.5. The zero-order valence-corrected chi connectivity index (χ0v) is 12.5. The fourth-order valence-electron chi connectivity index (χ4n) is 3.49. The van der Waals surface area contributed by atoms with Gasteiger partial charge < -0.3 is 9.64 Å². The van der Waals surface area contributed by atoms with Crippen LogP contribution in [0.1, 0.15) is 18.5 Å². The third-order valence-corrected chi connectivity index (χ3v) is 4.60. The standard InChI is InChI=1S/C14H15ClN4O3/c15-12-3-1-2-9(16-12)6-10-8-17-13(18(10)19(20)21)7-11-4-5-14(17)22-11/h1-3,7,10-11,14H,4-6,8H2/t10?,11-,14+/m1/s1. The number of aromatic nitrogens is 1. The molecular formula is C14H15ClN4O3. The SMILES string of the molecule is O=[N+]([O-])N1C2=C[C@H]3CC[C@H](O3)N2CC1Cc1cccc(Cl)n1. The minimum Gasteiger partial charge on any atom is -0.351 e. The molecule has 0 spiro atoms. The molecule has 116 valence electrons. The van der Waals surface area contributed by atoms with Crippen LogP contribution in [0.2, 0.25) is 5.15 Å². The molecule has 0 saturated carbocycles. The summed E-state index contributed by atoms with van der Waals surface area (Å²) >= 11 is 5.90. The highest BCUT2D eigenvalue weighted by atomic mass is 35.5. The van der Waals surface area contributed by atoms with Crippen molar-refractivity contribution in [3.8, 4) is 0 Å². The second kappa shape index (κ2) is 5.10. The van der Waals surface area contributed by atoms with Gasteiger partial charge in [0.1, 0.15) is 17.4 Å². The topological polar surface area (TPSA) is 71.7 Å². The lowest BCUT2D eigenvalue weighted by Gasteiger charge is -2.29. The van der Waals surface area contributed by atoms with Crippen molar-refractivity contribution in [1.29, 1.82) is 0 Å². The minimum absolute atomic E-state index is 0.00162. The lowest BCUT2D eigenvalue weighted by molar-refractivity contribution is -0.649. The Bertz CT molecular complexity index is 653. The summed E-state index contributed by atoms with van der Waals surface area (Å²) in [5.74, 6) is 0.663. The van der Waals surface area contributed by atoms with E-state index in [0.717, 1.165) is 18.5 Å². The zero-order chi connectivity index (χ0) is 15.3. The first-order chi connectivity index (χ1) is 10.6. The highest BCUT2D eigenvalue weighted by Crippen LogP contribution is 2.38. The zero-order valence-electron chi connectivity index (χ0n) is 11.8. The Labute approximate surface area is 132 Å². The van der Waals surface area contributed by atoms with E-state index >= 15 is 0 Å². The Morgan fingerprint density at radius 1 is 1.45 bits per heavy atom. The smallest absolute Gasteiger partial charge is 0.171 e. The van der Waals surface area contributed by atoms with Gasteiger partial charge in [0, 0.05) is 18.7 Å². The lowest BCUT2D eigenvalue weighted by Crippen LogP contribution is -2.38. The number of hydrogen-bond donors (Lipinski definition) is 0. The fourth-order valence-corrected chi connectivity index (χ4v) is 3.67. The number of fused-ring (bicyclic) bond motifs is 4. The van der Waals surface area contributed by atoms with Gasteiger partial charge in [-0.1, -0.05) is 22.7 Å². The first-order valence-corrected chi connectivity index (χ1v) is 7.68. The van der Waals surface area contributed by atoms with Crippen molar-refractivity contribution >= 4 is 11.6 Å². The average Bonchev–Trinajstić information content (AvgIpc) is 3.02. The van der Waals surface area contributed by atoms with E-state index in [1.54, 1.807) is 6.07 Å². The summed E-state index contributed by atoms with van der Waals surface area (Å²) < 4.78 is 5.82. The number of hydrazine groups is 1. The lowest BCUT2D eigenvalue weighted by atomic mass is 10.1. The summed E-state index contributed by atoms with van der Waals surface area (Å²) in [4.78, 5) is 17.8. The van der Waals surface area contributed by atoms with Crippen molar-refractivity contribution < 1.29 is 9.77 Å². The third-order valence-electron chi connectivity index (χ3n) is 4.39.